The Morgan fingerprint density at radius 1 is 1.09 bits per heavy atom. The van der Waals surface area contributed by atoms with Crippen molar-refractivity contribution in [2.45, 2.75) is 44.8 Å². The van der Waals surface area contributed by atoms with Crippen LogP contribution in [-0.2, 0) is 6.61 Å². The second-order valence-electron chi connectivity index (χ2n) is 9.78. The van der Waals surface area contributed by atoms with E-state index in [1.165, 1.54) is 25.7 Å². The van der Waals surface area contributed by atoms with Gasteiger partial charge in [-0.1, -0.05) is 55.3 Å². The van der Waals surface area contributed by atoms with Gasteiger partial charge in [-0.05, 0) is 62.5 Å². The summed E-state index contributed by atoms with van der Waals surface area (Å²) >= 11 is 0. The molecule has 1 aliphatic rings. The molecule has 2 aromatic carbocycles. The van der Waals surface area contributed by atoms with Gasteiger partial charge >= 0.3 is 0 Å². The molecule has 0 aliphatic heterocycles. The van der Waals surface area contributed by atoms with Crippen LogP contribution in [0, 0.1) is 12.5 Å². The highest BCUT2D eigenvalue weighted by molar-refractivity contribution is 6.00. The number of rotatable bonds is 10. The van der Waals surface area contributed by atoms with Gasteiger partial charge in [0.25, 0.3) is 0 Å². The third kappa shape index (κ3) is 5.33. The molecule has 0 unspecified atom stereocenters. The fraction of sp³-hybridized carbons (Fsp3) is 0.345. The molecule has 1 radical (unpaired) electrons. The summed E-state index contributed by atoms with van der Waals surface area (Å²) in [5, 5.41) is 0.928. The fourth-order valence-corrected chi connectivity index (χ4v) is 5.02. The van der Waals surface area contributed by atoms with E-state index in [4.69, 9.17) is 10.5 Å². The molecular formula is C29H34N5O. The Morgan fingerprint density at radius 2 is 1.91 bits per heavy atom. The first-order chi connectivity index (χ1) is 17.1. The van der Waals surface area contributed by atoms with E-state index in [9.17, 15) is 0 Å². The van der Waals surface area contributed by atoms with Crippen LogP contribution < -0.4 is 10.5 Å². The van der Waals surface area contributed by atoms with Crippen LogP contribution >= 0.6 is 0 Å². The number of benzene rings is 2. The molecule has 2 N–H and O–H groups in total. The third-order valence-corrected chi connectivity index (χ3v) is 6.95. The largest absolute Gasteiger partial charge is 0.489 e. The number of hydrogen-bond acceptors (Lipinski definition) is 5. The molecule has 1 fully saturated rings. The molecule has 1 aliphatic carbocycles. The first-order valence-corrected chi connectivity index (χ1v) is 12.5. The molecule has 5 rings (SSSR count). The lowest BCUT2D eigenvalue weighted by molar-refractivity contribution is 0.186. The van der Waals surface area contributed by atoms with E-state index in [-0.39, 0.29) is 0 Å². The van der Waals surface area contributed by atoms with Gasteiger partial charge in [0.05, 0.1) is 5.39 Å². The zero-order valence-corrected chi connectivity index (χ0v) is 20.6. The molecule has 181 valence electrons. The first kappa shape index (κ1) is 23.4. The molecule has 0 saturated heterocycles. The van der Waals surface area contributed by atoms with Crippen LogP contribution in [0.5, 0.6) is 5.75 Å². The van der Waals surface area contributed by atoms with Crippen molar-refractivity contribution < 1.29 is 4.74 Å². The summed E-state index contributed by atoms with van der Waals surface area (Å²) in [7, 11) is 4.18. The summed E-state index contributed by atoms with van der Waals surface area (Å²) in [6.45, 7) is 2.80. The predicted octanol–water partition coefficient (Wildman–Crippen LogP) is 6.10. The third-order valence-electron chi connectivity index (χ3n) is 6.95. The monoisotopic (exact) mass is 468 g/mol. The summed E-state index contributed by atoms with van der Waals surface area (Å²) < 4.78 is 8.41. The van der Waals surface area contributed by atoms with E-state index in [2.05, 4.69) is 70.5 Å². The normalized spacial score (nSPS) is 17.6. The highest BCUT2D eigenvalue weighted by Crippen LogP contribution is 2.44. The zero-order chi connectivity index (χ0) is 24.2. The second kappa shape index (κ2) is 10.5. The Labute approximate surface area is 207 Å². The number of fused-ring (bicyclic) bond motifs is 1. The predicted molar refractivity (Wildman–Crippen MR) is 142 cm³/mol. The average Bonchev–Trinajstić information content (AvgIpc) is 3.23. The van der Waals surface area contributed by atoms with Crippen molar-refractivity contribution in [1.29, 1.82) is 0 Å². The molecule has 35 heavy (non-hydrogen) atoms. The molecule has 0 spiro atoms. The standard InChI is InChI=1S/C29H34N5O/c1-33(2)14-7-6-11-22-15-24(16-22)34-18-26(27-28(30)31-20-32-29(27)34)23-12-8-13-25(17-23)35-19-21-9-4-3-5-10-21/h3-5,8-10,12-14,17-18,20,22,24H,6-7,11,15-16,19H2,1-2H3,(H2,30,31,32). The summed E-state index contributed by atoms with van der Waals surface area (Å²) in [6, 6.07) is 18.9. The first-order valence-electron chi connectivity index (χ1n) is 12.5. The number of anilines is 1. The van der Waals surface area contributed by atoms with Crippen molar-refractivity contribution >= 4 is 16.9 Å². The quantitative estimate of drug-likeness (QED) is 0.285. The van der Waals surface area contributed by atoms with Crippen molar-refractivity contribution in [3.05, 3.63) is 79.2 Å². The van der Waals surface area contributed by atoms with E-state index in [0.29, 0.717) is 18.5 Å². The van der Waals surface area contributed by atoms with Gasteiger partial charge in [0.15, 0.2) is 0 Å². The van der Waals surface area contributed by atoms with Crippen LogP contribution in [0.4, 0.5) is 5.82 Å². The Morgan fingerprint density at radius 3 is 2.71 bits per heavy atom. The molecule has 2 heterocycles. The highest BCUT2D eigenvalue weighted by atomic mass is 16.5. The van der Waals surface area contributed by atoms with E-state index < -0.39 is 0 Å². The maximum absolute atomic E-state index is 6.37. The number of nitrogen functional groups attached to an aromatic ring is 1. The number of aromatic nitrogens is 3. The van der Waals surface area contributed by atoms with Crippen molar-refractivity contribution in [3.63, 3.8) is 0 Å². The maximum Gasteiger partial charge on any atom is 0.146 e. The van der Waals surface area contributed by atoms with E-state index >= 15 is 0 Å². The fourth-order valence-electron chi connectivity index (χ4n) is 5.02. The lowest BCUT2D eigenvalue weighted by atomic mass is 9.77. The van der Waals surface area contributed by atoms with Crippen LogP contribution in [0.25, 0.3) is 22.2 Å². The molecule has 1 saturated carbocycles. The molecule has 0 bridgehead atoms. The van der Waals surface area contributed by atoms with Crippen LogP contribution in [0.2, 0.25) is 0 Å². The summed E-state index contributed by atoms with van der Waals surface area (Å²) in [5.74, 6) is 2.14. The molecule has 0 amide bonds. The van der Waals surface area contributed by atoms with Crippen LogP contribution in [0.1, 0.15) is 43.7 Å². The van der Waals surface area contributed by atoms with Gasteiger partial charge in [0.2, 0.25) is 0 Å². The number of hydrogen-bond donors (Lipinski definition) is 1. The van der Waals surface area contributed by atoms with Gasteiger partial charge in [-0.25, -0.2) is 9.97 Å². The highest BCUT2D eigenvalue weighted by Gasteiger charge is 2.32. The van der Waals surface area contributed by atoms with E-state index in [1.807, 2.05) is 30.3 Å². The molecule has 0 atom stereocenters. The van der Waals surface area contributed by atoms with Gasteiger partial charge in [-0.2, -0.15) is 0 Å². The molecule has 6 heteroatoms. The lowest BCUT2D eigenvalue weighted by Crippen LogP contribution is -2.26. The van der Waals surface area contributed by atoms with Crippen LogP contribution in [0.3, 0.4) is 0 Å². The lowest BCUT2D eigenvalue weighted by Gasteiger charge is -2.36. The molecular weight excluding hydrogens is 434 g/mol. The average molecular weight is 469 g/mol. The topological polar surface area (TPSA) is 69.2 Å². The summed E-state index contributed by atoms with van der Waals surface area (Å²) in [4.78, 5) is 11.1. The van der Waals surface area contributed by atoms with Crippen molar-refractivity contribution in [3.8, 4) is 16.9 Å². The second-order valence-corrected chi connectivity index (χ2v) is 9.78. The maximum atomic E-state index is 6.37. The SMILES string of the molecule is CN(C)[CH]CCCC1CC(n2cc(-c3cccc(OCc4ccccc4)c3)c3c(N)ncnc32)C1. The van der Waals surface area contributed by atoms with Crippen molar-refractivity contribution in [1.82, 2.24) is 19.4 Å². The Kier molecular flexibility index (Phi) is 7.00. The number of nitrogens with zero attached hydrogens (tertiary/aromatic N) is 4. The number of nitrogens with two attached hydrogens (primary N) is 1. The Hall–Kier alpha value is -3.38. The van der Waals surface area contributed by atoms with Crippen LogP contribution in [-0.4, -0.2) is 33.5 Å². The molecule has 4 aromatic rings. The van der Waals surface area contributed by atoms with Gasteiger partial charge in [0.1, 0.15) is 30.1 Å². The summed E-state index contributed by atoms with van der Waals surface area (Å²) in [5.41, 5.74) is 10.6. The van der Waals surface area contributed by atoms with Gasteiger partial charge in [0, 0.05) is 24.3 Å². The summed E-state index contributed by atoms with van der Waals surface area (Å²) in [6.07, 6.45) is 9.85. The van der Waals surface area contributed by atoms with E-state index in [0.717, 1.165) is 45.8 Å². The molecule has 6 nitrogen and oxygen atoms in total. The Balaban J connectivity index is 1.33. The zero-order valence-electron chi connectivity index (χ0n) is 20.6. The smallest absolute Gasteiger partial charge is 0.146 e. The molecule has 2 aromatic heterocycles. The van der Waals surface area contributed by atoms with E-state index in [1.54, 1.807) is 6.33 Å². The number of unbranched alkanes of at least 4 members (excludes halogenated alkanes) is 1. The van der Waals surface area contributed by atoms with Gasteiger partial charge in [-0.15, -0.1) is 0 Å². The Bertz CT molecular complexity index is 1260. The van der Waals surface area contributed by atoms with Gasteiger partial charge in [-0.3, -0.25) is 0 Å². The minimum absolute atomic E-state index is 0.459. The van der Waals surface area contributed by atoms with Crippen molar-refractivity contribution in [2.24, 2.45) is 5.92 Å². The van der Waals surface area contributed by atoms with Crippen LogP contribution in [0.15, 0.2) is 67.1 Å². The van der Waals surface area contributed by atoms with Gasteiger partial charge < -0.3 is 19.9 Å². The minimum atomic E-state index is 0.459. The minimum Gasteiger partial charge on any atom is -0.489 e. The van der Waals surface area contributed by atoms with Crippen molar-refractivity contribution in [2.75, 3.05) is 19.8 Å². The number of ether oxygens (including phenoxy) is 1.